The Kier molecular flexibility index (Phi) is 1.78. The van der Waals surface area contributed by atoms with Gasteiger partial charge in [-0.1, -0.05) is 12.1 Å². The third-order valence-corrected chi connectivity index (χ3v) is 2.95. The summed E-state index contributed by atoms with van der Waals surface area (Å²) in [5.41, 5.74) is 4.27. The van der Waals surface area contributed by atoms with Gasteiger partial charge in [-0.25, -0.2) is 0 Å². The molecule has 2 heterocycles. The first-order valence-electron chi connectivity index (χ1n) is 5.21. The lowest BCUT2D eigenvalue weighted by atomic mass is 9.93. The Bertz CT molecular complexity index is 463. The van der Waals surface area contributed by atoms with Crippen molar-refractivity contribution in [3.8, 4) is 0 Å². The van der Waals surface area contributed by atoms with E-state index >= 15 is 0 Å². The van der Waals surface area contributed by atoms with Crippen LogP contribution in [0, 0.1) is 0 Å². The van der Waals surface area contributed by atoms with Crippen LogP contribution < -0.4 is 10.6 Å². The van der Waals surface area contributed by atoms with Crippen LogP contribution in [-0.2, 0) is 0 Å². The fourth-order valence-corrected chi connectivity index (χ4v) is 2.26. The van der Waals surface area contributed by atoms with Crippen LogP contribution in [0.5, 0.6) is 0 Å². The van der Waals surface area contributed by atoms with Crippen molar-refractivity contribution in [1.82, 2.24) is 5.32 Å². The average molecular weight is 200 g/mol. The van der Waals surface area contributed by atoms with E-state index < -0.39 is 0 Å². The topological polar surface area (TPSA) is 41.1 Å². The maximum absolute atomic E-state index is 11.8. The number of amides is 1. The molecule has 76 valence electrons. The Morgan fingerprint density at radius 3 is 3.07 bits per heavy atom. The molecule has 1 amide bonds. The largest absolute Gasteiger partial charge is 0.384 e. The first kappa shape index (κ1) is 8.53. The van der Waals surface area contributed by atoms with Crippen molar-refractivity contribution in [3.63, 3.8) is 0 Å². The zero-order valence-electron chi connectivity index (χ0n) is 8.34. The van der Waals surface area contributed by atoms with Gasteiger partial charge >= 0.3 is 0 Å². The van der Waals surface area contributed by atoms with Gasteiger partial charge < -0.3 is 10.6 Å². The first-order valence-corrected chi connectivity index (χ1v) is 5.21. The molecule has 0 radical (unpaired) electrons. The number of hydrogen-bond donors (Lipinski definition) is 2. The molecule has 1 aromatic rings. The molecule has 0 saturated heterocycles. The van der Waals surface area contributed by atoms with Crippen LogP contribution in [0.1, 0.15) is 22.3 Å². The molecule has 0 atom stereocenters. The van der Waals surface area contributed by atoms with Gasteiger partial charge in [0.05, 0.1) is 0 Å². The molecule has 0 unspecified atom stereocenters. The van der Waals surface area contributed by atoms with Crippen molar-refractivity contribution < 1.29 is 4.79 Å². The Labute approximate surface area is 88.2 Å². The number of nitrogens with one attached hydrogen (secondary N) is 2. The van der Waals surface area contributed by atoms with E-state index in [1.807, 2.05) is 18.2 Å². The summed E-state index contributed by atoms with van der Waals surface area (Å²) >= 11 is 0. The predicted octanol–water partition coefficient (Wildman–Crippen LogP) is 1.63. The summed E-state index contributed by atoms with van der Waals surface area (Å²) in [7, 11) is 0. The molecule has 3 rings (SSSR count). The summed E-state index contributed by atoms with van der Waals surface area (Å²) in [5, 5.41) is 6.21. The molecule has 0 aromatic heterocycles. The lowest BCUT2D eigenvalue weighted by molar-refractivity contribution is 0.0958. The van der Waals surface area contributed by atoms with Crippen molar-refractivity contribution in [2.24, 2.45) is 0 Å². The molecule has 2 aliphatic heterocycles. The normalized spacial score (nSPS) is 18.1. The summed E-state index contributed by atoms with van der Waals surface area (Å²) in [4.78, 5) is 11.8. The molecule has 0 fully saturated rings. The second-order valence-corrected chi connectivity index (χ2v) is 3.84. The number of hydrogen-bond acceptors (Lipinski definition) is 2. The van der Waals surface area contributed by atoms with Gasteiger partial charge in [-0.15, -0.1) is 0 Å². The molecule has 2 N–H and O–H groups in total. The minimum Gasteiger partial charge on any atom is -0.384 e. The van der Waals surface area contributed by atoms with Crippen LogP contribution in [0.25, 0.3) is 5.57 Å². The molecular formula is C12H12N2O. The van der Waals surface area contributed by atoms with E-state index in [4.69, 9.17) is 0 Å². The van der Waals surface area contributed by atoms with Crippen molar-refractivity contribution in [3.05, 3.63) is 35.4 Å². The highest BCUT2D eigenvalue weighted by molar-refractivity contribution is 6.03. The lowest BCUT2D eigenvalue weighted by Crippen LogP contribution is -2.23. The van der Waals surface area contributed by atoms with Gasteiger partial charge in [0.25, 0.3) is 5.91 Å². The minimum absolute atomic E-state index is 0.0294. The summed E-state index contributed by atoms with van der Waals surface area (Å²) in [6.45, 7) is 1.60. The van der Waals surface area contributed by atoms with Gasteiger partial charge in [-0.3, -0.25) is 4.79 Å². The maximum atomic E-state index is 11.8. The van der Waals surface area contributed by atoms with Gasteiger partial charge in [-0.2, -0.15) is 0 Å². The Morgan fingerprint density at radius 1 is 1.20 bits per heavy atom. The first-order chi connectivity index (χ1) is 7.36. The molecule has 3 heteroatoms. The number of anilines is 1. The molecule has 0 saturated carbocycles. The minimum atomic E-state index is 0.0294. The fourth-order valence-electron chi connectivity index (χ4n) is 2.26. The molecule has 2 aliphatic rings. The van der Waals surface area contributed by atoms with Crippen molar-refractivity contribution in [2.45, 2.75) is 6.42 Å². The average Bonchev–Trinajstić information content (AvgIpc) is 2.42. The van der Waals surface area contributed by atoms with Crippen molar-refractivity contribution in [2.75, 3.05) is 18.4 Å². The summed E-state index contributed by atoms with van der Waals surface area (Å²) in [5.74, 6) is 0.0294. The molecule has 3 nitrogen and oxygen atoms in total. The molecule has 0 bridgehead atoms. The number of benzene rings is 1. The third-order valence-electron chi connectivity index (χ3n) is 2.95. The zero-order valence-corrected chi connectivity index (χ0v) is 8.34. The number of rotatable bonds is 0. The van der Waals surface area contributed by atoms with Crippen LogP contribution >= 0.6 is 0 Å². The highest BCUT2D eigenvalue weighted by Crippen LogP contribution is 2.34. The third kappa shape index (κ3) is 1.23. The summed E-state index contributed by atoms with van der Waals surface area (Å²) in [6.07, 6.45) is 3.12. The van der Waals surface area contributed by atoms with Gasteiger partial charge in [0.2, 0.25) is 0 Å². The van der Waals surface area contributed by atoms with Gasteiger partial charge in [-0.05, 0) is 24.1 Å². The Hall–Kier alpha value is -1.77. The summed E-state index contributed by atoms with van der Waals surface area (Å²) in [6, 6.07) is 5.85. The van der Waals surface area contributed by atoms with E-state index in [9.17, 15) is 4.79 Å². The van der Waals surface area contributed by atoms with Crippen LogP contribution in [0.15, 0.2) is 24.3 Å². The van der Waals surface area contributed by atoms with E-state index in [1.165, 1.54) is 5.57 Å². The zero-order chi connectivity index (χ0) is 10.3. The van der Waals surface area contributed by atoms with E-state index in [1.54, 1.807) is 0 Å². The van der Waals surface area contributed by atoms with Crippen molar-refractivity contribution in [1.29, 1.82) is 0 Å². The lowest BCUT2D eigenvalue weighted by Gasteiger charge is -2.21. The SMILES string of the molecule is O=C1NCC=C2CCNc3cccc1c32. The standard InChI is InChI=1S/C12H12N2O/c15-12-9-2-1-3-10-11(9)8(4-6-13-10)5-7-14-12/h1-3,5,13H,4,6-7H2,(H,14,15). The van der Waals surface area contributed by atoms with Crippen LogP contribution in [-0.4, -0.2) is 19.0 Å². The second-order valence-electron chi connectivity index (χ2n) is 3.84. The van der Waals surface area contributed by atoms with Crippen LogP contribution in [0.3, 0.4) is 0 Å². The summed E-state index contributed by atoms with van der Waals surface area (Å²) < 4.78 is 0. The van der Waals surface area contributed by atoms with Gasteiger partial charge in [0.15, 0.2) is 0 Å². The second kappa shape index (κ2) is 3.12. The number of carbonyl (C=O) groups excluding carboxylic acids is 1. The number of carbonyl (C=O) groups is 1. The Balaban J connectivity index is 2.29. The quantitative estimate of drug-likeness (QED) is 0.668. The monoisotopic (exact) mass is 200 g/mol. The van der Waals surface area contributed by atoms with E-state index in [0.717, 1.165) is 29.8 Å². The highest BCUT2D eigenvalue weighted by Gasteiger charge is 2.22. The fraction of sp³-hybridized carbons (Fsp3) is 0.250. The molecule has 0 spiro atoms. The van der Waals surface area contributed by atoms with Gasteiger partial charge in [0.1, 0.15) is 0 Å². The molecule has 0 aliphatic carbocycles. The van der Waals surface area contributed by atoms with E-state index in [2.05, 4.69) is 16.7 Å². The van der Waals surface area contributed by atoms with Crippen molar-refractivity contribution >= 4 is 17.2 Å². The van der Waals surface area contributed by atoms with E-state index in [0.29, 0.717) is 6.54 Å². The molecular weight excluding hydrogens is 188 g/mol. The maximum Gasteiger partial charge on any atom is 0.252 e. The highest BCUT2D eigenvalue weighted by atomic mass is 16.1. The molecule has 1 aromatic carbocycles. The van der Waals surface area contributed by atoms with Crippen LogP contribution in [0.4, 0.5) is 5.69 Å². The van der Waals surface area contributed by atoms with Gasteiger partial charge in [0, 0.05) is 29.9 Å². The molecule has 15 heavy (non-hydrogen) atoms. The Morgan fingerprint density at radius 2 is 2.13 bits per heavy atom. The van der Waals surface area contributed by atoms with Crippen LogP contribution in [0.2, 0.25) is 0 Å². The van der Waals surface area contributed by atoms with E-state index in [-0.39, 0.29) is 5.91 Å². The smallest absolute Gasteiger partial charge is 0.252 e. The predicted molar refractivity (Wildman–Crippen MR) is 59.9 cm³/mol.